The minimum absolute atomic E-state index is 0.391. The zero-order valence-corrected chi connectivity index (χ0v) is 10.7. The summed E-state index contributed by atoms with van der Waals surface area (Å²) in [4.78, 5) is 34.1. The first-order chi connectivity index (χ1) is 7.71. The van der Waals surface area contributed by atoms with E-state index >= 15 is 0 Å². The van der Waals surface area contributed by atoms with Gasteiger partial charge in [-0.05, 0) is 20.8 Å². The van der Waals surface area contributed by atoms with Gasteiger partial charge in [0.25, 0.3) is 0 Å². The smallest absolute Gasteiger partial charge is 0.321 e. The summed E-state index contributed by atoms with van der Waals surface area (Å²) >= 11 is 0. The van der Waals surface area contributed by atoms with E-state index in [1.54, 1.807) is 20.8 Å². The Balaban J connectivity index is 4.74. The molecule has 0 aromatic heterocycles. The van der Waals surface area contributed by atoms with Crippen molar-refractivity contribution in [2.75, 3.05) is 14.2 Å². The van der Waals surface area contributed by atoms with Crippen LogP contribution in [0.15, 0.2) is 0 Å². The molecule has 0 aliphatic rings. The molecule has 1 atom stereocenters. The second-order valence-corrected chi connectivity index (χ2v) is 4.39. The molecule has 0 rings (SSSR count). The molecule has 17 heavy (non-hydrogen) atoms. The van der Waals surface area contributed by atoms with E-state index in [-0.39, 0.29) is 0 Å². The lowest BCUT2D eigenvalue weighted by atomic mass is 10.1. The predicted octanol–water partition coefficient (Wildman–Crippen LogP) is 0.680. The largest absolute Gasteiger partial charge is 0.469 e. The summed E-state index contributed by atoms with van der Waals surface area (Å²) in [7, 11) is 2.31. The zero-order valence-electron chi connectivity index (χ0n) is 10.7. The Bertz CT molecular complexity index is 302. The fourth-order valence-electron chi connectivity index (χ4n) is 1.03. The fourth-order valence-corrected chi connectivity index (χ4v) is 1.03. The molecule has 0 aromatic carbocycles. The average Bonchev–Trinajstić information content (AvgIpc) is 2.21. The molecule has 98 valence electrons. The first-order valence-electron chi connectivity index (χ1n) is 5.08. The van der Waals surface area contributed by atoms with Crippen molar-refractivity contribution in [2.24, 2.45) is 5.92 Å². The fraction of sp³-hybridized carbons (Fsp3) is 0.727. The number of rotatable bonds is 4. The second-order valence-electron chi connectivity index (χ2n) is 4.39. The van der Waals surface area contributed by atoms with Gasteiger partial charge in [-0.2, -0.15) is 0 Å². The molecule has 0 aromatic rings. The molecule has 6 nitrogen and oxygen atoms in total. The Kier molecular flexibility index (Phi) is 5.64. The highest BCUT2D eigenvalue weighted by molar-refractivity contribution is 5.98. The first-order valence-corrected chi connectivity index (χ1v) is 5.08. The molecule has 0 heterocycles. The summed E-state index contributed by atoms with van der Waals surface area (Å²) in [6.45, 7) is 4.99. The molecule has 0 aliphatic heterocycles. The lowest BCUT2D eigenvalue weighted by Crippen LogP contribution is -2.34. The maximum atomic E-state index is 11.7. The first kappa shape index (κ1) is 15.4. The van der Waals surface area contributed by atoms with Gasteiger partial charge >= 0.3 is 17.9 Å². The monoisotopic (exact) mass is 246 g/mol. The van der Waals surface area contributed by atoms with E-state index in [2.05, 4.69) is 9.47 Å². The second kappa shape index (κ2) is 6.22. The summed E-state index contributed by atoms with van der Waals surface area (Å²) in [6, 6.07) is 0. The quantitative estimate of drug-likeness (QED) is 0.412. The number of hydrogen-bond donors (Lipinski definition) is 0. The number of methoxy groups -OCH3 is 2. The Morgan fingerprint density at radius 3 is 1.88 bits per heavy atom. The topological polar surface area (TPSA) is 78.9 Å². The molecule has 0 fully saturated rings. The highest BCUT2D eigenvalue weighted by Gasteiger charge is 2.34. The van der Waals surface area contributed by atoms with Gasteiger partial charge in [-0.1, -0.05) is 0 Å². The van der Waals surface area contributed by atoms with E-state index < -0.39 is 35.8 Å². The molecule has 0 saturated heterocycles. The third kappa shape index (κ3) is 5.89. The molecule has 1 unspecified atom stereocenters. The van der Waals surface area contributed by atoms with Gasteiger partial charge in [0, 0.05) is 0 Å². The number of esters is 3. The number of carbonyl (C=O) groups is 3. The third-order valence-corrected chi connectivity index (χ3v) is 1.78. The minimum atomic E-state index is -1.29. The van der Waals surface area contributed by atoms with Crippen LogP contribution in [0.5, 0.6) is 0 Å². The summed E-state index contributed by atoms with van der Waals surface area (Å²) in [5, 5.41) is 0. The van der Waals surface area contributed by atoms with Crippen molar-refractivity contribution in [3.8, 4) is 0 Å². The van der Waals surface area contributed by atoms with Crippen LogP contribution in [0.1, 0.15) is 27.2 Å². The molecular formula is C11H18O6. The van der Waals surface area contributed by atoms with Crippen LogP contribution in [0.3, 0.4) is 0 Å². The van der Waals surface area contributed by atoms with Crippen molar-refractivity contribution in [3.05, 3.63) is 0 Å². The van der Waals surface area contributed by atoms with Crippen LogP contribution < -0.4 is 0 Å². The molecule has 0 amide bonds. The Hall–Kier alpha value is -1.59. The molecule has 0 N–H and O–H groups in total. The molecule has 0 saturated carbocycles. The van der Waals surface area contributed by atoms with Crippen molar-refractivity contribution in [3.63, 3.8) is 0 Å². The van der Waals surface area contributed by atoms with Gasteiger partial charge in [0.2, 0.25) is 0 Å². The highest BCUT2D eigenvalue weighted by atomic mass is 16.6. The Labute approximate surface area is 100 Å². The molecule has 0 bridgehead atoms. The average molecular weight is 246 g/mol. The van der Waals surface area contributed by atoms with Gasteiger partial charge in [0.05, 0.1) is 20.6 Å². The maximum absolute atomic E-state index is 11.7. The molecule has 6 heteroatoms. The maximum Gasteiger partial charge on any atom is 0.321 e. The number of carbonyl (C=O) groups excluding carboxylic acids is 3. The Morgan fingerprint density at radius 2 is 1.53 bits per heavy atom. The van der Waals surface area contributed by atoms with Crippen molar-refractivity contribution >= 4 is 17.9 Å². The van der Waals surface area contributed by atoms with E-state index in [0.717, 1.165) is 7.11 Å². The van der Waals surface area contributed by atoms with E-state index in [4.69, 9.17) is 4.74 Å². The van der Waals surface area contributed by atoms with Crippen LogP contribution in [0.4, 0.5) is 0 Å². The summed E-state index contributed by atoms with van der Waals surface area (Å²) < 4.78 is 13.9. The van der Waals surface area contributed by atoms with E-state index in [1.165, 1.54) is 7.11 Å². The van der Waals surface area contributed by atoms with Crippen LogP contribution in [-0.2, 0) is 28.6 Å². The van der Waals surface area contributed by atoms with Crippen LogP contribution >= 0.6 is 0 Å². The van der Waals surface area contributed by atoms with E-state index in [1.807, 2.05) is 0 Å². The number of ether oxygens (including phenoxy) is 3. The van der Waals surface area contributed by atoms with Crippen LogP contribution in [0, 0.1) is 5.92 Å². The standard InChI is InChI=1S/C11H18O6/c1-11(2,3)17-10(14)7(9(13)16-5)6-8(12)15-4/h7H,6H2,1-5H3. The summed E-state index contributed by atoms with van der Waals surface area (Å²) in [6.07, 6.45) is -0.391. The van der Waals surface area contributed by atoms with Gasteiger partial charge in [0.15, 0.2) is 5.92 Å². The normalized spacial score (nSPS) is 12.5. The molecular weight excluding hydrogens is 228 g/mol. The van der Waals surface area contributed by atoms with Crippen molar-refractivity contribution in [1.82, 2.24) is 0 Å². The SMILES string of the molecule is COC(=O)CC(C(=O)OC)C(=O)OC(C)(C)C. The van der Waals surface area contributed by atoms with Gasteiger partial charge in [-0.15, -0.1) is 0 Å². The van der Waals surface area contributed by atoms with Crippen LogP contribution in [0.25, 0.3) is 0 Å². The lowest BCUT2D eigenvalue weighted by molar-refractivity contribution is -0.171. The van der Waals surface area contributed by atoms with E-state index in [0.29, 0.717) is 0 Å². The van der Waals surface area contributed by atoms with E-state index in [9.17, 15) is 14.4 Å². The van der Waals surface area contributed by atoms with Crippen molar-refractivity contribution < 1.29 is 28.6 Å². The van der Waals surface area contributed by atoms with Gasteiger partial charge in [0.1, 0.15) is 5.60 Å². The van der Waals surface area contributed by atoms with Gasteiger partial charge in [-0.25, -0.2) is 0 Å². The molecule has 0 radical (unpaired) electrons. The summed E-state index contributed by atoms with van der Waals surface area (Å²) in [5.74, 6) is -3.57. The summed E-state index contributed by atoms with van der Waals surface area (Å²) in [5.41, 5.74) is -0.737. The van der Waals surface area contributed by atoms with Crippen molar-refractivity contribution in [1.29, 1.82) is 0 Å². The number of hydrogen-bond acceptors (Lipinski definition) is 6. The highest BCUT2D eigenvalue weighted by Crippen LogP contribution is 2.15. The predicted molar refractivity (Wildman–Crippen MR) is 58.0 cm³/mol. The minimum Gasteiger partial charge on any atom is -0.469 e. The van der Waals surface area contributed by atoms with Crippen molar-refractivity contribution in [2.45, 2.75) is 32.8 Å². The Morgan fingerprint density at radius 1 is 1.00 bits per heavy atom. The van der Waals surface area contributed by atoms with Crippen LogP contribution in [-0.4, -0.2) is 37.7 Å². The van der Waals surface area contributed by atoms with Gasteiger partial charge < -0.3 is 14.2 Å². The molecule has 0 spiro atoms. The zero-order chi connectivity index (χ0) is 13.6. The van der Waals surface area contributed by atoms with Gasteiger partial charge in [-0.3, -0.25) is 14.4 Å². The molecule has 0 aliphatic carbocycles. The third-order valence-electron chi connectivity index (χ3n) is 1.78. The lowest BCUT2D eigenvalue weighted by Gasteiger charge is -2.22. The van der Waals surface area contributed by atoms with Crippen LogP contribution in [0.2, 0.25) is 0 Å².